The molecule has 0 fully saturated rings. The van der Waals surface area contributed by atoms with Crippen molar-refractivity contribution >= 4 is 11.6 Å². The molecule has 0 unspecified atom stereocenters. The number of amides is 1. The summed E-state index contributed by atoms with van der Waals surface area (Å²) < 4.78 is 6.91. The number of aryl methyl sites for hydroxylation is 2. The number of carbonyl (C=O) groups excluding carboxylic acids is 1. The zero-order valence-corrected chi connectivity index (χ0v) is 10.7. The van der Waals surface area contributed by atoms with Gasteiger partial charge >= 0.3 is 0 Å². The third kappa shape index (κ3) is 2.22. The molecule has 0 saturated heterocycles. The molecule has 2 heterocycles. The van der Waals surface area contributed by atoms with E-state index in [2.05, 4.69) is 5.10 Å². The van der Waals surface area contributed by atoms with Crippen LogP contribution in [-0.2, 0) is 13.6 Å². The maximum atomic E-state index is 12.2. The zero-order chi connectivity index (χ0) is 13.3. The van der Waals surface area contributed by atoms with Gasteiger partial charge in [-0.15, -0.1) is 0 Å². The summed E-state index contributed by atoms with van der Waals surface area (Å²) in [5.41, 5.74) is 6.49. The second-order valence-electron chi connectivity index (χ2n) is 4.25. The first kappa shape index (κ1) is 12.2. The van der Waals surface area contributed by atoms with Crippen LogP contribution in [-0.4, -0.2) is 27.6 Å². The van der Waals surface area contributed by atoms with Gasteiger partial charge < -0.3 is 15.1 Å². The standard InChI is InChI=1S/C12H16N4O2/c1-8-4-5-9(18-8)7-15(2)12(17)11-10(13)6-14-16(11)3/h4-6H,7,13H2,1-3H3. The van der Waals surface area contributed by atoms with E-state index in [1.54, 1.807) is 19.0 Å². The van der Waals surface area contributed by atoms with E-state index < -0.39 is 0 Å². The van der Waals surface area contributed by atoms with Gasteiger partial charge in [0.05, 0.1) is 18.4 Å². The lowest BCUT2D eigenvalue weighted by Gasteiger charge is -2.16. The highest BCUT2D eigenvalue weighted by Crippen LogP contribution is 2.14. The quantitative estimate of drug-likeness (QED) is 0.884. The number of aromatic nitrogens is 2. The van der Waals surface area contributed by atoms with Crippen LogP contribution in [0.25, 0.3) is 0 Å². The summed E-state index contributed by atoms with van der Waals surface area (Å²) in [5, 5.41) is 3.95. The number of anilines is 1. The normalized spacial score (nSPS) is 10.6. The minimum Gasteiger partial charge on any atom is -0.464 e. The number of nitrogens with zero attached hydrogens (tertiary/aromatic N) is 3. The van der Waals surface area contributed by atoms with Gasteiger partial charge in [-0.2, -0.15) is 5.10 Å². The van der Waals surface area contributed by atoms with Crippen molar-refractivity contribution in [1.29, 1.82) is 0 Å². The molecule has 0 saturated carbocycles. The molecule has 2 N–H and O–H groups in total. The van der Waals surface area contributed by atoms with Gasteiger partial charge in [0.1, 0.15) is 17.2 Å². The summed E-state index contributed by atoms with van der Waals surface area (Å²) in [4.78, 5) is 13.7. The van der Waals surface area contributed by atoms with Crippen molar-refractivity contribution < 1.29 is 9.21 Å². The van der Waals surface area contributed by atoms with Crippen LogP contribution in [0.2, 0.25) is 0 Å². The van der Waals surface area contributed by atoms with Crippen molar-refractivity contribution in [1.82, 2.24) is 14.7 Å². The average molecular weight is 248 g/mol. The first-order valence-corrected chi connectivity index (χ1v) is 5.57. The van der Waals surface area contributed by atoms with Gasteiger partial charge in [0, 0.05) is 14.1 Å². The molecule has 0 aliphatic carbocycles. The Hall–Kier alpha value is -2.24. The van der Waals surface area contributed by atoms with E-state index in [0.29, 0.717) is 17.9 Å². The van der Waals surface area contributed by atoms with Crippen molar-refractivity contribution in [3.05, 3.63) is 35.5 Å². The van der Waals surface area contributed by atoms with Gasteiger partial charge in [-0.1, -0.05) is 0 Å². The van der Waals surface area contributed by atoms with E-state index in [0.717, 1.165) is 11.5 Å². The highest BCUT2D eigenvalue weighted by molar-refractivity contribution is 5.97. The van der Waals surface area contributed by atoms with Crippen LogP contribution in [0.15, 0.2) is 22.7 Å². The molecule has 2 aromatic heterocycles. The Labute approximate surface area is 105 Å². The Kier molecular flexibility index (Phi) is 3.10. The lowest BCUT2D eigenvalue weighted by molar-refractivity contribution is 0.0765. The van der Waals surface area contributed by atoms with Crippen LogP contribution >= 0.6 is 0 Å². The first-order chi connectivity index (χ1) is 8.49. The molecule has 1 amide bonds. The number of nitrogen functional groups attached to an aromatic ring is 1. The molecule has 2 aromatic rings. The molecule has 0 bridgehead atoms. The van der Waals surface area contributed by atoms with Crippen LogP contribution < -0.4 is 5.73 Å². The highest BCUT2D eigenvalue weighted by Gasteiger charge is 2.19. The topological polar surface area (TPSA) is 77.3 Å². The van der Waals surface area contributed by atoms with Crippen LogP contribution in [0.5, 0.6) is 0 Å². The zero-order valence-electron chi connectivity index (χ0n) is 10.7. The van der Waals surface area contributed by atoms with Crippen molar-refractivity contribution in [2.75, 3.05) is 12.8 Å². The maximum Gasteiger partial charge on any atom is 0.274 e. The lowest BCUT2D eigenvalue weighted by atomic mass is 10.3. The van der Waals surface area contributed by atoms with Crippen LogP contribution in [0, 0.1) is 6.92 Å². The van der Waals surface area contributed by atoms with E-state index in [9.17, 15) is 4.79 Å². The summed E-state index contributed by atoms with van der Waals surface area (Å²) in [6, 6.07) is 3.72. The molecule has 18 heavy (non-hydrogen) atoms. The van der Waals surface area contributed by atoms with Crippen molar-refractivity contribution in [2.45, 2.75) is 13.5 Å². The number of carbonyl (C=O) groups is 1. The minimum atomic E-state index is -0.179. The monoisotopic (exact) mass is 248 g/mol. The summed E-state index contributed by atoms with van der Waals surface area (Å²) in [6.07, 6.45) is 1.47. The van der Waals surface area contributed by atoms with E-state index >= 15 is 0 Å². The molecule has 6 heteroatoms. The summed E-state index contributed by atoms with van der Waals surface area (Å²) in [5.74, 6) is 1.39. The largest absolute Gasteiger partial charge is 0.464 e. The summed E-state index contributed by atoms with van der Waals surface area (Å²) in [7, 11) is 3.39. The number of rotatable bonds is 3. The van der Waals surface area contributed by atoms with E-state index in [4.69, 9.17) is 10.2 Å². The SMILES string of the molecule is Cc1ccc(CN(C)C(=O)c2c(N)cnn2C)o1. The van der Waals surface area contributed by atoms with Crippen molar-refractivity contribution in [2.24, 2.45) is 7.05 Å². The molecule has 6 nitrogen and oxygen atoms in total. The molecule has 0 aromatic carbocycles. The van der Waals surface area contributed by atoms with Gasteiger partial charge in [-0.25, -0.2) is 0 Å². The van der Waals surface area contributed by atoms with Gasteiger partial charge in [-0.05, 0) is 19.1 Å². The number of hydrogen-bond acceptors (Lipinski definition) is 4. The Morgan fingerprint density at radius 1 is 1.56 bits per heavy atom. The first-order valence-electron chi connectivity index (χ1n) is 5.57. The Morgan fingerprint density at radius 3 is 2.78 bits per heavy atom. The van der Waals surface area contributed by atoms with Crippen molar-refractivity contribution in [3.63, 3.8) is 0 Å². The van der Waals surface area contributed by atoms with Gasteiger partial charge in [0.25, 0.3) is 5.91 Å². The van der Waals surface area contributed by atoms with Gasteiger partial charge in [-0.3, -0.25) is 9.48 Å². The third-order valence-corrected chi connectivity index (χ3v) is 2.71. The predicted octanol–water partition coefficient (Wildman–Crippen LogP) is 1.18. The molecule has 0 aliphatic heterocycles. The summed E-state index contributed by atoms with van der Waals surface area (Å²) in [6.45, 7) is 2.27. The second-order valence-corrected chi connectivity index (χ2v) is 4.25. The van der Waals surface area contributed by atoms with E-state index in [1.165, 1.54) is 10.9 Å². The Bertz CT molecular complexity index is 551. The lowest BCUT2D eigenvalue weighted by Crippen LogP contribution is -2.28. The summed E-state index contributed by atoms with van der Waals surface area (Å²) >= 11 is 0. The molecule has 96 valence electrons. The van der Waals surface area contributed by atoms with Gasteiger partial charge in [0.2, 0.25) is 0 Å². The molecule has 0 spiro atoms. The molecule has 0 radical (unpaired) electrons. The number of furan rings is 1. The Morgan fingerprint density at radius 2 is 2.28 bits per heavy atom. The second kappa shape index (κ2) is 4.56. The fourth-order valence-electron chi connectivity index (χ4n) is 1.77. The number of nitrogens with two attached hydrogens (primary N) is 1. The molecular formula is C12H16N4O2. The van der Waals surface area contributed by atoms with Crippen molar-refractivity contribution in [3.8, 4) is 0 Å². The molecule has 0 aliphatic rings. The van der Waals surface area contributed by atoms with Crippen LogP contribution in [0.4, 0.5) is 5.69 Å². The fourth-order valence-corrected chi connectivity index (χ4v) is 1.77. The van der Waals surface area contributed by atoms with Gasteiger partial charge in [0.15, 0.2) is 0 Å². The Balaban J connectivity index is 2.14. The smallest absolute Gasteiger partial charge is 0.274 e. The average Bonchev–Trinajstić information content (AvgIpc) is 2.85. The third-order valence-electron chi connectivity index (χ3n) is 2.71. The van der Waals surface area contributed by atoms with E-state index in [-0.39, 0.29) is 5.91 Å². The highest BCUT2D eigenvalue weighted by atomic mass is 16.3. The van der Waals surface area contributed by atoms with E-state index in [1.807, 2.05) is 19.1 Å². The predicted molar refractivity (Wildman–Crippen MR) is 66.9 cm³/mol. The maximum absolute atomic E-state index is 12.2. The number of hydrogen-bond donors (Lipinski definition) is 1. The van der Waals surface area contributed by atoms with Crippen LogP contribution in [0.1, 0.15) is 22.0 Å². The molecular weight excluding hydrogens is 232 g/mol. The minimum absolute atomic E-state index is 0.179. The fraction of sp³-hybridized carbons (Fsp3) is 0.333. The molecule has 2 rings (SSSR count). The van der Waals surface area contributed by atoms with Crippen LogP contribution in [0.3, 0.4) is 0 Å². The molecule has 0 atom stereocenters.